The Morgan fingerprint density at radius 2 is 1.66 bits per heavy atom. The molecule has 0 spiro atoms. The number of hydrogen-bond acceptors (Lipinski definition) is 5. The lowest BCUT2D eigenvalue weighted by atomic mass is 10.1. The summed E-state index contributed by atoms with van der Waals surface area (Å²) < 4.78 is 11.8. The molecule has 162 valence electrons. The van der Waals surface area contributed by atoms with Crippen LogP contribution in [0.2, 0.25) is 20.1 Å². The second-order valence-electron chi connectivity index (χ2n) is 6.47. The third-order valence-corrected chi connectivity index (χ3v) is 6.01. The van der Waals surface area contributed by atoms with Gasteiger partial charge in [-0.1, -0.05) is 57.6 Å². The van der Waals surface area contributed by atoms with Crippen LogP contribution in [0.15, 0.2) is 41.5 Å². The minimum atomic E-state index is -0.605. The van der Waals surface area contributed by atoms with Crippen LogP contribution in [0.25, 0.3) is 10.4 Å². The highest BCUT2D eigenvalue weighted by Crippen LogP contribution is 2.52. The number of rotatable bonds is 4. The monoisotopic (exact) mass is 510 g/mol. The minimum absolute atomic E-state index is 0.0298. The zero-order valence-corrected chi connectivity index (χ0v) is 18.7. The van der Waals surface area contributed by atoms with Gasteiger partial charge in [0, 0.05) is 40.9 Å². The third-order valence-electron chi connectivity index (χ3n) is 4.46. The number of benzene rings is 3. The molecule has 3 aromatic rings. The molecule has 0 bridgehead atoms. The van der Waals surface area contributed by atoms with Crippen LogP contribution in [-0.4, -0.2) is 11.0 Å². The molecule has 0 fully saturated rings. The number of phenolic OH excluding ortho intramolecular Hbond substituents is 1. The Hall–Kier alpha value is -3.00. The predicted octanol–water partition coefficient (Wildman–Crippen LogP) is 7.78. The quantitative estimate of drug-likeness (QED) is 0.165. The molecule has 32 heavy (non-hydrogen) atoms. The van der Waals surface area contributed by atoms with Gasteiger partial charge in [0.25, 0.3) is 5.91 Å². The van der Waals surface area contributed by atoms with Gasteiger partial charge in [0.05, 0.1) is 25.7 Å². The van der Waals surface area contributed by atoms with Gasteiger partial charge in [0.15, 0.2) is 23.0 Å². The normalized spacial score (nSPS) is 11.4. The van der Waals surface area contributed by atoms with Crippen LogP contribution >= 0.6 is 46.4 Å². The van der Waals surface area contributed by atoms with Crippen molar-refractivity contribution in [3.63, 3.8) is 0 Å². The van der Waals surface area contributed by atoms with E-state index in [1.54, 1.807) is 0 Å². The first-order valence-electron chi connectivity index (χ1n) is 8.80. The summed E-state index contributed by atoms with van der Waals surface area (Å²) in [6, 6.07) is 8.38. The average molecular weight is 512 g/mol. The van der Waals surface area contributed by atoms with Crippen molar-refractivity contribution in [2.45, 2.75) is 6.54 Å². The Bertz CT molecular complexity index is 1330. The van der Waals surface area contributed by atoms with Crippen LogP contribution in [0.5, 0.6) is 28.7 Å². The van der Waals surface area contributed by atoms with Crippen molar-refractivity contribution in [1.29, 1.82) is 0 Å². The molecule has 1 heterocycles. The summed E-state index contributed by atoms with van der Waals surface area (Å²) in [7, 11) is 0. The van der Waals surface area contributed by atoms with Crippen LogP contribution in [0.4, 0.5) is 5.69 Å². The fourth-order valence-electron chi connectivity index (χ4n) is 2.97. The van der Waals surface area contributed by atoms with Gasteiger partial charge in [-0.25, -0.2) is 0 Å². The lowest BCUT2D eigenvalue weighted by molar-refractivity contribution is 0.0948. The predicted molar refractivity (Wildman–Crippen MR) is 121 cm³/mol. The smallest absolute Gasteiger partial charge is 0.255 e. The van der Waals surface area contributed by atoms with Crippen LogP contribution in [0, 0.1) is 0 Å². The fraction of sp³-hybridized carbons (Fsp3) is 0.0500. The lowest BCUT2D eigenvalue weighted by Crippen LogP contribution is -2.23. The summed E-state index contributed by atoms with van der Waals surface area (Å²) >= 11 is 24.7. The highest BCUT2D eigenvalue weighted by Gasteiger charge is 2.27. The second kappa shape index (κ2) is 8.86. The van der Waals surface area contributed by atoms with Gasteiger partial charge in [-0.05, 0) is 17.7 Å². The first-order chi connectivity index (χ1) is 15.3. The Balaban J connectivity index is 1.63. The van der Waals surface area contributed by atoms with Gasteiger partial charge in [0.1, 0.15) is 5.75 Å². The molecule has 0 atom stereocenters. The van der Waals surface area contributed by atoms with Crippen molar-refractivity contribution < 1.29 is 19.4 Å². The fourth-order valence-corrected chi connectivity index (χ4v) is 3.70. The molecular formula is C20H10Cl4N4O4. The summed E-state index contributed by atoms with van der Waals surface area (Å²) in [5.74, 6) is 0.206. The van der Waals surface area contributed by atoms with Gasteiger partial charge in [-0.3, -0.25) is 4.79 Å². The number of fused-ring (bicyclic) bond motifs is 2. The van der Waals surface area contributed by atoms with Crippen LogP contribution in [-0.2, 0) is 6.54 Å². The standard InChI is InChI=1S/C20H10Cl4N4O4/c21-11-4-15-16(5-12(11)22)32-19-10(18(24)13(23)6-17(19)31-15)7-26-20(30)9-2-1-8(27-28-25)3-14(9)29/h1-6,29H,7H2,(H,26,30). The van der Waals surface area contributed by atoms with Crippen molar-refractivity contribution in [2.75, 3.05) is 0 Å². The Kier molecular flexibility index (Phi) is 6.15. The highest BCUT2D eigenvalue weighted by molar-refractivity contribution is 6.43. The van der Waals surface area contributed by atoms with Gasteiger partial charge in [-0.2, -0.15) is 0 Å². The SMILES string of the molecule is [N-]=[N+]=Nc1ccc(C(=O)NCc2c(Cl)c(Cl)cc3c2Oc2cc(Cl)c(Cl)cc2O3)c(O)c1. The molecule has 0 saturated heterocycles. The van der Waals surface area contributed by atoms with Gasteiger partial charge < -0.3 is 19.9 Å². The molecule has 1 amide bonds. The van der Waals surface area contributed by atoms with Gasteiger partial charge in [-0.15, -0.1) is 0 Å². The lowest BCUT2D eigenvalue weighted by Gasteiger charge is -2.24. The zero-order chi connectivity index (χ0) is 23.0. The molecule has 1 aliphatic heterocycles. The van der Waals surface area contributed by atoms with Crippen LogP contribution < -0.4 is 14.8 Å². The van der Waals surface area contributed by atoms with E-state index in [-0.39, 0.29) is 55.1 Å². The van der Waals surface area contributed by atoms with E-state index in [0.29, 0.717) is 17.1 Å². The maximum Gasteiger partial charge on any atom is 0.255 e. The molecule has 12 heteroatoms. The van der Waals surface area contributed by atoms with E-state index in [0.717, 1.165) is 0 Å². The summed E-state index contributed by atoms with van der Waals surface area (Å²) in [5.41, 5.74) is 8.96. The number of azide groups is 1. The van der Waals surface area contributed by atoms with Crippen LogP contribution in [0.3, 0.4) is 0 Å². The van der Waals surface area contributed by atoms with Gasteiger partial charge >= 0.3 is 0 Å². The molecule has 1 aliphatic rings. The molecule has 2 N–H and O–H groups in total. The highest BCUT2D eigenvalue weighted by atomic mass is 35.5. The number of nitrogens with zero attached hydrogens (tertiary/aromatic N) is 3. The summed E-state index contributed by atoms with van der Waals surface area (Å²) in [6.07, 6.45) is 0. The third kappa shape index (κ3) is 4.19. The second-order valence-corrected chi connectivity index (χ2v) is 8.07. The van der Waals surface area contributed by atoms with E-state index >= 15 is 0 Å². The molecule has 0 unspecified atom stereocenters. The number of ether oxygens (including phenoxy) is 2. The van der Waals surface area contributed by atoms with Crippen molar-refractivity contribution in [2.24, 2.45) is 5.11 Å². The largest absolute Gasteiger partial charge is 0.507 e. The number of amides is 1. The average Bonchev–Trinajstić information content (AvgIpc) is 2.74. The Morgan fingerprint density at radius 3 is 2.31 bits per heavy atom. The number of phenols is 1. The van der Waals surface area contributed by atoms with E-state index in [4.69, 9.17) is 61.4 Å². The molecule has 0 saturated carbocycles. The zero-order valence-electron chi connectivity index (χ0n) is 15.7. The number of carbonyl (C=O) groups is 1. The van der Waals surface area contributed by atoms with Crippen molar-refractivity contribution in [3.05, 3.63) is 78.1 Å². The summed E-state index contributed by atoms with van der Waals surface area (Å²) in [4.78, 5) is 15.2. The Labute approximate surface area is 200 Å². The maximum atomic E-state index is 12.6. The minimum Gasteiger partial charge on any atom is -0.507 e. The number of hydrogen-bond donors (Lipinski definition) is 2. The molecule has 4 rings (SSSR count). The maximum absolute atomic E-state index is 12.6. The van der Waals surface area contributed by atoms with E-state index in [2.05, 4.69) is 15.3 Å². The van der Waals surface area contributed by atoms with Crippen molar-refractivity contribution in [3.8, 4) is 28.7 Å². The number of halogens is 4. The van der Waals surface area contributed by atoms with Gasteiger partial charge in [0.2, 0.25) is 0 Å². The summed E-state index contributed by atoms with van der Waals surface area (Å²) in [5, 5.41) is 17.0. The molecule has 0 aliphatic carbocycles. The first kappa shape index (κ1) is 22.2. The van der Waals surface area contributed by atoms with Crippen molar-refractivity contribution in [1.82, 2.24) is 5.32 Å². The van der Waals surface area contributed by atoms with E-state index in [1.807, 2.05) is 0 Å². The van der Waals surface area contributed by atoms with Crippen LogP contribution in [0.1, 0.15) is 15.9 Å². The summed E-state index contributed by atoms with van der Waals surface area (Å²) in [6.45, 7) is -0.0991. The molecule has 3 aromatic carbocycles. The number of aromatic hydroxyl groups is 1. The molecular weight excluding hydrogens is 502 g/mol. The van der Waals surface area contributed by atoms with Crippen molar-refractivity contribution >= 4 is 58.0 Å². The molecule has 0 radical (unpaired) electrons. The molecule has 0 aromatic heterocycles. The number of carbonyl (C=O) groups excluding carboxylic acids is 1. The Morgan fingerprint density at radius 1 is 1.00 bits per heavy atom. The van der Waals surface area contributed by atoms with E-state index < -0.39 is 5.91 Å². The first-order valence-corrected chi connectivity index (χ1v) is 10.3. The number of nitrogens with one attached hydrogen (secondary N) is 1. The topological polar surface area (TPSA) is 117 Å². The van der Waals surface area contributed by atoms with E-state index in [1.165, 1.54) is 36.4 Å². The molecule has 8 nitrogen and oxygen atoms in total. The van der Waals surface area contributed by atoms with E-state index in [9.17, 15) is 9.90 Å².